The van der Waals surface area contributed by atoms with Crippen LogP contribution in [0.3, 0.4) is 0 Å². The zero-order valence-electron chi connectivity index (χ0n) is 17.8. The van der Waals surface area contributed by atoms with E-state index in [9.17, 15) is 9.59 Å². The van der Waals surface area contributed by atoms with E-state index in [0.717, 1.165) is 38.8 Å². The van der Waals surface area contributed by atoms with Gasteiger partial charge in [-0.2, -0.15) is 5.10 Å². The Balaban J connectivity index is 1.62. The van der Waals surface area contributed by atoms with Crippen LogP contribution in [0.25, 0.3) is 16.5 Å². The largest absolute Gasteiger partial charge is 0.310 e. The molecule has 5 heteroatoms. The maximum atomic E-state index is 13.5. The van der Waals surface area contributed by atoms with Crippen LogP contribution in [0.2, 0.25) is 0 Å². The highest BCUT2D eigenvalue weighted by molar-refractivity contribution is 6.09. The van der Waals surface area contributed by atoms with Crippen LogP contribution in [0, 0.1) is 20.8 Å². The predicted octanol–water partition coefficient (Wildman–Crippen LogP) is 5.26. The number of anilines is 1. The molecule has 31 heavy (non-hydrogen) atoms. The van der Waals surface area contributed by atoms with E-state index in [4.69, 9.17) is 5.10 Å². The average Bonchev–Trinajstić information content (AvgIpc) is 3.08. The highest BCUT2D eigenvalue weighted by Crippen LogP contribution is 2.38. The average molecular weight is 409 g/mol. The number of aromatic nitrogens is 2. The first-order chi connectivity index (χ1) is 14.9. The summed E-state index contributed by atoms with van der Waals surface area (Å²) in [7, 11) is 0. The first-order valence-corrected chi connectivity index (χ1v) is 10.4. The number of benzene rings is 3. The SMILES string of the molecule is Cc1cc(C)cc(-n2nc(C)c3c2NC(=O)C[C@H]3C(=O)c2ccc3ccccc3c2)c1. The van der Waals surface area contributed by atoms with E-state index in [-0.39, 0.29) is 18.1 Å². The van der Waals surface area contributed by atoms with Gasteiger partial charge in [0.15, 0.2) is 5.78 Å². The van der Waals surface area contributed by atoms with Crippen molar-refractivity contribution >= 4 is 28.3 Å². The van der Waals surface area contributed by atoms with E-state index in [1.54, 1.807) is 4.68 Å². The molecule has 0 radical (unpaired) electrons. The number of fused-ring (bicyclic) bond motifs is 2. The lowest BCUT2D eigenvalue weighted by molar-refractivity contribution is -0.116. The summed E-state index contributed by atoms with van der Waals surface area (Å²) in [6.45, 7) is 5.96. The molecule has 5 rings (SSSR count). The van der Waals surface area contributed by atoms with Gasteiger partial charge < -0.3 is 5.32 Å². The van der Waals surface area contributed by atoms with E-state index >= 15 is 0 Å². The number of nitrogens with zero attached hydrogens (tertiary/aromatic N) is 2. The molecule has 0 saturated heterocycles. The smallest absolute Gasteiger partial charge is 0.226 e. The number of hydrogen-bond acceptors (Lipinski definition) is 3. The first-order valence-electron chi connectivity index (χ1n) is 10.4. The lowest BCUT2D eigenvalue weighted by atomic mass is 9.85. The molecule has 1 N–H and O–H groups in total. The predicted molar refractivity (Wildman–Crippen MR) is 122 cm³/mol. The molecule has 0 saturated carbocycles. The van der Waals surface area contributed by atoms with Crippen LogP contribution in [0.4, 0.5) is 5.82 Å². The molecule has 154 valence electrons. The number of nitrogens with one attached hydrogen (secondary N) is 1. The summed E-state index contributed by atoms with van der Waals surface area (Å²) >= 11 is 0. The van der Waals surface area contributed by atoms with Crippen molar-refractivity contribution in [1.29, 1.82) is 0 Å². The molecule has 2 heterocycles. The number of ketones is 1. The summed E-state index contributed by atoms with van der Waals surface area (Å²) in [4.78, 5) is 26.1. The van der Waals surface area contributed by atoms with Crippen molar-refractivity contribution in [2.75, 3.05) is 5.32 Å². The molecule has 0 fully saturated rings. The standard InChI is InChI=1S/C26H23N3O2/c1-15-10-16(2)12-21(11-15)29-26-24(17(3)28-29)22(14-23(30)27-26)25(31)20-9-8-18-6-4-5-7-19(18)13-20/h4-13,22H,14H2,1-3H3,(H,27,30)/t22-/m1/s1. The molecule has 0 unspecified atom stereocenters. The second-order valence-electron chi connectivity index (χ2n) is 8.34. The molecule has 5 nitrogen and oxygen atoms in total. The summed E-state index contributed by atoms with van der Waals surface area (Å²) in [5, 5.41) is 9.76. The number of hydrogen-bond donors (Lipinski definition) is 1. The Bertz CT molecular complexity index is 1350. The molecule has 0 aliphatic carbocycles. The maximum absolute atomic E-state index is 13.5. The first kappa shape index (κ1) is 19.2. The van der Waals surface area contributed by atoms with Gasteiger partial charge in [-0.1, -0.05) is 42.5 Å². The van der Waals surface area contributed by atoms with Gasteiger partial charge in [-0.3, -0.25) is 9.59 Å². The summed E-state index contributed by atoms with van der Waals surface area (Å²) in [5.74, 6) is -0.176. The van der Waals surface area contributed by atoms with Crippen molar-refractivity contribution in [3.8, 4) is 5.69 Å². The topological polar surface area (TPSA) is 64.0 Å². The molecule has 1 aliphatic rings. The quantitative estimate of drug-likeness (QED) is 0.470. The van der Waals surface area contributed by atoms with Crippen molar-refractivity contribution in [2.45, 2.75) is 33.1 Å². The Labute approximate surface area is 180 Å². The fraction of sp³-hybridized carbons (Fsp3) is 0.192. The summed E-state index contributed by atoms with van der Waals surface area (Å²) in [5.41, 5.74) is 5.28. The van der Waals surface area contributed by atoms with E-state index in [2.05, 4.69) is 11.4 Å². The van der Waals surface area contributed by atoms with Crippen molar-refractivity contribution in [1.82, 2.24) is 9.78 Å². The Kier molecular flexibility index (Phi) is 4.47. The van der Waals surface area contributed by atoms with E-state index in [0.29, 0.717) is 11.4 Å². The minimum absolute atomic E-state index is 0.0510. The third kappa shape index (κ3) is 3.32. The van der Waals surface area contributed by atoms with Crippen LogP contribution in [0.5, 0.6) is 0 Å². The van der Waals surface area contributed by atoms with Crippen LogP contribution < -0.4 is 5.32 Å². The monoisotopic (exact) mass is 409 g/mol. The zero-order valence-corrected chi connectivity index (χ0v) is 17.8. The minimum atomic E-state index is -0.551. The molecule has 1 aromatic heterocycles. The summed E-state index contributed by atoms with van der Waals surface area (Å²) < 4.78 is 1.75. The molecule has 1 aliphatic heterocycles. The number of aryl methyl sites for hydroxylation is 3. The molecule has 0 spiro atoms. The van der Waals surface area contributed by atoms with Gasteiger partial charge in [0.25, 0.3) is 0 Å². The minimum Gasteiger partial charge on any atom is -0.310 e. The highest BCUT2D eigenvalue weighted by Gasteiger charge is 2.36. The number of Topliss-reactive ketones (excluding diaryl/α,β-unsaturated/α-hetero) is 1. The third-order valence-corrected chi connectivity index (χ3v) is 5.90. The van der Waals surface area contributed by atoms with E-state index in [1.165, 1.54) is 0 Å². The van der Waals surface area contributed by atoms with Gasteiger partial charge in [0.05, 0.1) is 17.3 Å². The van der Waals surface area contributed by atoms with Crippen LogP contribution in [0.15, 0.2) is 60.7 Å². The molecular weight excluding hydrogens is 386 g/mol. The summed E-state index contributed by atoms with van der Waals surface area (Å²) in [6.07, 6.45) is 0.123. The van der Waals surface area contributed by atoms with Gasteiger partial charge in [-0.15, -0.1) is 0 Å². The molecule has 4 aromatic rings. The fourth-order valence-electron chi connectivity index (χ4n) is 4.57. The van der Waals surface area contributed by atoms with Crippen molar-refractivity contribution in [2.24, 2.45) is 0 Å². The zero-order chi connectivity index (χ0) is 21.7. The van der Waals surface area contributed by atoms with Gasteiger partial charge in [0.1, 0.15) is 5.82 Å². The number of carbonyl (C=O) groups excluding carboxylic acids is 2. The van der Waals surface area contributed by atoms with Crippen LogP contribution >= 0.6 is 0 Å². The molecule has 1 atom stereocenters. The van der Waals surface area contributed by atoms with Gasteiger partial charge >= 0.3 is 0 Å². The Hall–Kier alpha value is -3.73. The number of amides is 1. The highest BCUT2D eigenvalue weighted by atomic mass is 16.2. The summed E-state index contributed by atoms with van der Waals surface area (Å²) in [6, 6.07) is 19.8. The molecule has 1 amide bonds. The van der Waals surface area contributed by atoms with Crippen molar-refractivity contribution in [3.63, 3.8) is 0 Å². The van der Waals surface area contributed by atoms with Crippen molar-refractivity contribution < 1.29 is 9.59 Å². The van der Waals surface area contributed by atoms with Crippen LogP contribution in [-0.2, 0) is 4.79 Å². The Morgan fingerprint density at radius 1 is 0.968 bits per heavy atom. The number of rotatable bonds is 3. The lowest BCUT2D eigenvalue weighted by Crippen LogP contribution is -2.28. The third-order valence-electron chi connectivity index (χ3n) is 5.90. The van der Waals surface area contributed by atoms with E-state index in [1.807, 2.05) is 75.4 Å². The second-order valence-corrected chi connectivity index (χ2v) is 8.34. The van der Waals surface area contributed by atoms with Gasteiger partial charge in [0, 0.05) is 17.5 Å². The molecule has 3 aromatic carbocycles. The maximum Gasteiger partial charge on any atom is 0.226 e. The molecular formula is C26H23N3O2. The van der Waals surface area contributed by atoms with Crippen LogP contribution in [0.1, 0.15) is 45.1 Å². The second kappa shape index (κ2) is 7.20. The van der Waals surface area contributed by atoms with Crippen molar-refractivity contribution in [3.05, 3.63) is 88.6 Å². The number of carbonyl (C=O) groups is 2. The lowest BCUT2D eigenvalue weighted by Gasteiger charge is -2.23. The fourth-order valence-corrected chi connectivity index (χ4v) is 4.57. The van der Waals surface area contributed by atoms with Crippen LogP contribution in [-0.4, -0.2) is 21.5 Å². The molecule has 0 bridgehead atoms. The normalized spacial score (nSPS) is 15.6. The Morgan fingerprint density at radius 3 is 2.42 bits per heavy atom. The Morgan fingerprint density at radius 2 is 1.68 bits per heavy atom. The van der Waals surface area contributed by atoms with Gasteiger partial charge in [-0.25, -0.2) is 4.68 Å². The van der Waals surface area contributed by atoms with E-state index < -0.39 is 5.92 Å². The van der Waals surface area contributed by atoms with Gasteiger partial charge in [0.2, 0.25) is 5.91 Å². The van der Waals surface area contributed by atoms with Gasteiger partial charge in [-0.05, 0) is 60.9 Å².